The third-order valence-corrected chi connectivity index (χ3v) is 0. The molecule has 0 radical (unpaired) electrons. The van der Waals surface area contributed by atoms with Crippen LogP contribution in [0.3, 0.4) is 0 Å². The summed E-state index contributed by atoms with van der Waals surface area (Å²) in [5.41, 5.74) is 0. The third-order valence-electron chi connectivity index (χ3n) is 0. The molecule has 0 bridgehead atoms. The third kappa shape index (κ3) is 608. The molecule has 0 unspecified atom stereocenters. The lowest BCUT2D eigenvalue weighted by Crippen LogP contribution is -1.38. The van der Waals surface area contributed by atoms with Crippen molar-refractivity contribution < 1.29 is 28.7 Å². The molecule has 0 aliphatic carbocycles. The normalized spacial score (nSPS) is 8.00. The molecule has 0 aliphatic heterocycles. The minimum absolute atomic E-state index is 0.875. The Hall–Kier alpha value is 1.26. The lowest BCUT2D eigenvalue weighted by Gasteiger charge is -1.61. The molecule has 0 aliphatic rings. The van der Waals surface area contributed by atoms with E-state index in [9.17, 15) is 0 Å². The first-order valence-electron chi connectivity index (χ1n) is 1.84. The monoisotopic (exact) mass is 336 g/mol. The van der Waals surface area contributed by atoms with Gasteiger partial charge in [0.2, 0.25) is 0 Å². The van der Waals surface area contributed by atoms with Gasteiger partial charge >= 0.3 is 16.5 Å². The number of hydrogen-bond donors (Lipinski definition) is 4. The SMILES string of the molecule is BrCBr.O=[PH](O)O.O=[PH](O)O. The molecule has 0 rings (SSSR count). The fourth-order valence-corrected chi connectivity index (χ4v) is 0. The summed E-state index contributed by atoms with van der Waals surface area (Å²) in [7, 11) is -6.26. The number of halogens is 2. The van der Waals surface area contributed by atoms with Gasteiger partial charge in [0.1, 0.15) is 0 Å². The Labute approximate surface area is 81.4 Å². The van der Waals surface area contributed by atoms with Crippen molar-refractivity contribution in [2.24, 2.45) is 0 Å². The van der Waals surface area contributed by atoms with E-state index in [0.717, 1.165) is 4.24 Å². The zero-order valence-corrected chi connectivity index (χ0v) is 10.2. The van der Waals surface area contributed by atoms with Crippen LogP contribution in [-0.4, -0.2) is 23.8 Å². The topological polar surface area (TPSA) is 115 Å². The number of alkyl halides is 2. The van der Waals surface area contributed by atoms with Gasteiger partial charge in [0.05, 0.1) is 4.24 Å². The Morgan fingerprint density at radius 2 is 0.909 bits per heavy atom. The summed E-state index contributed by atoms with van der Waals surface area (Å²) in [6.07, 6.45) is 0. The van der Waals surface area contributed by atoms with Crippen LogP contribution in [0.15, 0.2) is 0 Å². The van der Waals surface area contributed by atoms with Crippen LogP contribution in [0.4, 0.5) is 0 Å². The van der Waals surface area contributed by atoms with Crippen LogP contribution < -0.4 is 0 Å². The zero-order valence-electron chi connectivity index (χ0n) is 5.07. The Morgan fingerprint density at radius 1 is 0.909 bits per heavy atom. The van der Waals surface area contributed by atoms with Crippen LogP contribution in [0, 0.1) is 0 Å². The summed E-state index contributed by atoms with van der Waals surface area (Å²) in [6.45, 7) is 0. The van der Waals surface area contributed by atoms with Gasteiger partial charge in [0.25, 0.3) is 0 Å². The minimum atomic E-state index is -3.13. The molecule has 0 saturated heterocycles. The van der Waals surface area contributed by atoms with E-state index >= 15 is 0 Å². The van der Waals surface area contributed by atoms with Crippen molar-refractivity contribution in [1.82, 2.24) is 0 Å². The van der Waals surface area contributed by atoms with E-state index in [1.54, 1.807) is 0 Å². The van der Waals surface area contributed by atoms with Gasteiger partial charge in [-0.05, 0) is 0 Å². The molecule has 72 valence electrons. The predicted molar refractivity (Wildman–Crippen MR) is 49.6 cm³/mol. The number of rotatable bonds is 0. The van der Waals surface area contributed by atoms with Crippen LogP contribution >= 0.6 is 48.4 Å². The molecule has 6 nitrogen and oxygen atoms in total. The van der Waals surface area contributed by atoms with Crippen LogP contribution in [-0.2, 0) is 9.13 Å². The highest BCUT2D eigenvalue weighted by atomic mass is 79.9. The van der Waals surface area contributed by atoms with Crippen molar-refractivity contribution >= 4 is 48.4 Å². The second kappa shape index (κ2) is 17.4. The molecule has 0 aromatic heterocycles. The van der Waals surface area contributed by atoms with Crippen LogP contribution in [0.1, 0.15) is 0 Å². The maximum absolute atomic E-state index is 8.74. The van der Waals surface area contributed by atoms with Crippen LogP contribution in [0.5, 0.6) is 0 Å². The first kappa shape index (κ1) is 18.1. The van der Waals surface area contributed by atoms with Crippen molar-refractivity contribution in [3.8, 4) is 0 Å². The van der Waals surface area contributed by atoms with Crippen molar-refractivity contribution in [3.05, 3.63) is 0 Å². The highest BCUT2D eigenvalue weighted by Crippen LogP contribution is 1.98. The molecular formula is CH8Br2O6P2. The molecule has 0 spiro atoms. The summed E-state index contributed by atoms with van der Waals surface area (Å²) in [5, 5.41) is 0. The summed E-state index contributed by atoms with van der Waals surface area (Å²) < 4.78 is 18.4. The van der Waals surface area contributed by atoms with Gasteiger partial charge in [-0.15, -0.1) is 0 Å². The van der Waals surface area contributed by atoms with Gasteiger partial charge in [0.15, 0.2) is 0 Å². The second-order valence-electron chi connectivity index (χ2n) is 0.666. The summed E-state index contributed by atoms with van der Waals surface area (Å²) in [4.78, 5) is 28.6. The highest BCUT2D eigenvalue weighted by molar-refractivity contribution is 9.24. The van der Waals surface area contributed by atoms with E-state index in [-0.39, 0.29) is 0 Å². The second-order valence-corrected chi connectivity index (χ2v) is 4.42. The highest BCUT2D eigenvalue weighted by Gasteiger charge is 1.62. The molecule has 4 N–H and O–H groups in total. The van der Waals surface area contributed by atoms with Crippen LogP contribution in [0.2, 0.25) is 0 Å². The lowest BCUT2D eigenvalue weighted by atomic mass is 12.0. The van der Waals surface area contributed by atoms with E-state index in [0.29, 0.717) is 0 Å². The molecule has 0 aromatic carbocycles. The zero-order chi connectivity index (χ0) is 9.86. The van der Waals surface area contributed by atoms with E-state index in [1.807, 2.05) is 0 Å². The van der Waals surface area contributed by atoms with Gasteiger partial charge in [-0.3, -0.25) is 9.13 Å². The summed E-state index contributed by atoms with van der Waals surface area (Å²) in [5.74, 6) is 0. The quantitative estimate of drug-likeness (QED) is 0.377. The average Bonchev–Trinajstić information content (AvgIpc) is 1.60. The predicted octanol–water partition coefficient (Wildman–Crippen LogP) is 0.455. The molecule has 0 atom stereocenters. The molecule has 10 heteroatoms. The Bertz CT molecular complexity index is 86.8. The lowest BCUT2D eigenvalue weighted by molar-refractivity contribution is 0.403. The van der Waals surface area contributed by atoms with Gasteiger partial charge in [0, 0.05) is 0 Å². The van der Waals surface area contributed by atoms with Gasteiger partial charge in [-0.25, -0.2) is 0 Å². The molecule has 11 heavy (non-hydrogen) atoms. The largest absolute Gasteiger partial charge is 0.326 e. The first-order chi connectivity index (χ1) is 4.88. The van der Waals surface area contributed by atoms with Crippen molar-refractivity contribution in [2.75, 3.05) is 4.24 Å². The maximum Gasteiger partial charge on any atom is 0.314 e. The van der Waals surface area contributed by atoms with E-state index in [4.69, 9.17) is 28.7 Å². The van der Waals surface area contributed by atoms with Gasteiger partial charge < -0.3 is 19.6 Å². The van der Waals surface area contributed by atoms with Crippen molar-refractivity contribution in [2.45, 2.75) is 0 Å². The summed E-state index contributed by atoms with van der Waals surface area (Å²) >= 11 is 6.12. The fraction of sp³-hybridized carbons (Fsp3) is 1.00. The molecule has 0 saturated carbocycles. The van der Waals surface area contributed by atoms with Crippen molar-refractivity contribution in [1.29, 1.82) is 0 Å². The van der Waals surface area contributed by atoms with Gasteiger partial charge in [-0.1, -0.05) is 31.9 Å². The molecular weight excluding hydrogens is 330 g/mol. The molecule has 0 fully saturated rings. The Morgan fingerprint density at radius 3 is 0.909 bits per heavy atom. The van der Waals surface area contributed by atoms with E-state index in [1.165, 1.54) is 0 Å². The minimum Gasteiger partial charge on any atom is -0.326 e. The Balaban J connectivity index is -0.0000000886. The first-order valence-corrected chi connectivity index (χ1v) is 6.69. The fourth-order valence-electron chi connectivity index (χ4n) is 0. The molecule has 0 aromatic rings. The maximum atomic E-state index is 8.74. The summed E-state index contributed by atoms with van der Waals surface area (Å²) in [6, 6.07) is 0. The standard InChI is InChI=1S/CH2Br2.2H3O3P/c2-1-3;2*1-4(2)3/h1H2;2*4H,(H2,1,2,3). The average molecular weight is 338 g/mol. The van der Waals surface area contributed by atoms with E-state index in [2.05, 4.69) is 31.9 Å². The van der Waals surface area contributed by atoms with Gasteiger partial charge in [-0.2, -0.15) is 0 Å². The molecule has 0 amide bonds. The van der Waals surface area contributed by atoms with Crippen LogP contribution in [0.25, 0.3) is 0 Å². The smallest absolute Gasteiger partial charge is 0.314 e. The number of hydrogen-bond acceptors (Lipinski definition) is 2. The Kier molecular flexibility index (Phi) is 28.6. The molecule has 0 heterocycles. The van der Waals surface area contributed by atoms with E-state index < -0.39 is 16.5 Å². The van der Waals surface area contributed by atoms with Crippen molar-refractivity contribution in [3.63, 3.8) is 0 Å².